The van der Waals surface area contributed by atoms with Crippen LogP contribution in [0.2, 0.25) is 0 Å². The van der Waals surface area contributed by atoms with Crippen LogP contribution in [-0.2, 0) is 0 Å². The monoisotopic (exact) mass is 337 g/mol. The molecule has 0 aromatic heterocycles. The Hall–Kier alpha value is -2.46. The van der Waals surface area contributed by atoms with Gasteiger partial charge in [-0.3, -0.25) is 9.59 Å². The number of nitrogens with zero attached hydrogens (tertiary/aromatic N) is 1. The average molecular weight is 337 g/mol. The summed E-state index contributed by atoms with van der Waals surface area (Å²) < 4.78 is 0. The average Bonchev–Trinajstić information content (AvgIpc) is 2.67. The second kappa shape index (κ2) is 7.62. The molecule has 130 valence electrons. The summed E-state index contributed by atoms with van der Waals surface area (Å²) in [5.74, 6) is 0.0372. The van der Waals surface area contributed by atoms with Crippen LogP contribution in [0.3, 0.4) is 0 Å². The summed E-state index contributed by atoms with van der Waals surface area (Å²) in [6.45, 7) is 3.39. The molecule has 1 N–H and O–H groups in total. The first-order chi connectivity index (χ1) is 12.1. The lowest BCUT2D eigenvalue weighted by atomic mass is 9.94. The minimum Gasteiger partial charge on any atom is -0.396 e. The molecule has 0 aliphatic carbocycles. The summed E-state index contributed by atoms with van der Waals surface area (Å²) in [5.41, 5.74) is 2.58. The minimum absolute atomic E-state index is 0.104. The van der Waals surface area contributed by atoms with Crippen LogP contribution < -0.4 is 0 Å². The van der Waals surface area contributed by atoms with Crippen molar-refractivity contribution in [3.8, 4) is 0 Å². The Bertz CT molecular complexity index is 759. The number of carbonyl (C=O) groups excluding carboxylic acids is 2. The molecule has 0 spiro atoms. The van der Waals surface area contributed by atoms with Crippen LogP contribution in [0, 0.1) is 12.8 Å². The minimum atomic E-state index is -0.130. The van der Waals surface area contributed by atoms with Crippen LogP contribution in [-0.4, -0.2) is 41.4 Å². The summed E-state index contributed by atoms with van der Waals surface area (Å²) in [5, 5.41) is 9.25. The van der Waals surface area contributed by atoms with Crippen molar-refractivity contribution in [2.45, 2.75) is 19.8 Å². The van der Waals surface area contributed by atoms with E-state index in [1.165, 1.54) is 0 Å². The standard InChI is InChI=1S/C21H23NO3/c1-15-6-8-17(9-7-15)20(24)18-4-2-3-5-19(18)21(25)22-12-10-16(14-23)11-13-22/h2-9,16,23H,10-14H2,1H3. The van der Waals surface area contributed by atoms with Gasteiger partial charge in [-0.1, -0.05) is 48.0 Å². The first-order valence-electron chi connectivity index (χ1n) is 8.70. The van der Waals surface area contributed by atoms with Gasteiger partial charge in [0.25, 0.3) is 5.91 Å². The molecule has 0 radical (unpaired) electrons. The molecule has 4 heteroatoms. The lowest BCUT2D eigenvalue weighted by molar-refractivity contribution is 0.0648. The molecule has 1 heterocycles. The summed E-state index contributed by atoms with van der Waals surface area (Å²) in [7, 11) is 0. The molecular formula is C21H23NO3. The van der Waals surface area contributed by atoms with Gasteiger partial charge in [-0.25, -0.2) is 0 Å². The van der Waals surface area contributed by atoms with Gasteiger partial charge < -0.3 is 10.0 Å². The van der Waals surface area contributed by atoms with Crippen LogP contribution in [0.1, 0.15) is 44.7 Å². The van der Waals surface area contributed by atoms with Crippen molar-refractivity contribution >= 4 is 11.7 Å². The molecule has 1 amide bonds. The van der Waals surface area contributed by atoms with Crippen LogP contribution in [0.25, 0.3) is 0 Å². The molecule has 1 aliphatic rings. The Labute approximate surface area is 148 Å². The highest BCUT2D eigenvalue weighted by Crippen LogP contribution is 2.21. The predicted octanol–water partition coefficient (Wildman–Crippen LogP) is 3.07. The number of hydrogen-bond acceptors (Lipinski definition) is 3. The highest BCUT2D eigenvalue weighted by molar-refractivity contribution is 6.15. The second-order valence-corrected chi connectivity index (χ2v) is 6.66. The molecule has 2 aromatic rings. The SMILES string of the molecule is Cc1ccc(C(=O)c2ccccc2C(=O)N2CCC(CO)CC2)cc1. The summed E-state index contributed by atoms with van der Waals surface area (Å²) in [4.78, 5) is 27.6. The van der Waals surface area contributed by atoms with E-state index in [0.717, 1.165) is 18.4 Å². The maximum absolute atomic E-state index is 12.9. The zero-order valence-electron chi connectivity index (χ0n) is 14.4. The van der Waals surface area contributed by atoms with Gasteiger partial charge in [-0.05, 0) is 31.7 Å². The summed E-state index contributed by atoms with van der Waals surface area (Å²) in [6.07, 6.45) is 1.60. The number of rotatable bonds is 4. The Morgan fingerprint density at radius 2 is 1.60 bits per heavy atom. The molecule has 0 saturated carbocycles. The Kier molecular flexibility index (Phi) is 5.29. The normalized spacial score (nSPS) is 15.2. The van der Waals surface area contributed by atoms with Crippen molar-refractivity contribution in [3.05, 3.63) is 70.8 Å². The quantitative estimate of drug-likeness (QED) is 0.872. The van der Waals surface area contributed by atoms with Gasteiger partial charge in [0.05, 0.1) is 5.56 Å². The van der Waals surface area contributed by atoms with E-state index < -0.39 is 0 Å². The van der Waals surface area contributed by atoms with E-state index >= 15 is 0 Å². The molecule has 1 aliphatic heterocycles. The zero-order valence-corrected chi connectivity index (χ0v) is 14.4. The van der Waals surface area contributed by atoms with Crippen molar-refractivity contribution in [2.75, 3.05) is 19.7 Å². The fourth-order valence-electron chi connectivity index (χ4n) is 3.22. The third kappa shape index (κ3) is 3.80. The van der Waals surface area contributed by atoms with Crippen molar-refractivity contribution in [1.29, 1.82) is 0 Å². The van der Waals surface area contributed by atoms with E-state index in [4.69, 9.17) is 0 Å². The summed E-state index contributed by atoms with van der Waals surface area (Å²) in [6, 6.07) is 14.4. The number of hydrogen-bond donors (Lipinski definition) is 1. The van der Waals surface area contributed by atoms with Gasteiger partial charge in [-0.15, -0.1) is 0 Å². The molecule has 25 heavy (non-hydrogen) atoms. The van der Waals surface area contributed by atoms with Gasteiger partial charge >= 0.3 is 0 Å². The van der Waals surface area contributed by atoms with E-state index in [2.05, 4.69) is 0 Å². The number of piperidine rings is 1. The first kappa shape index (κ1) is 17.4. The third-order valence-electron chi connectivity index (χ3n) is 4.88. The topological polar surface area (TPSA) is 57.6 Å². The van der Waals surface area contributed by atoms with Crippen LogP contribution in [0.15, 0.2) is 48.5 Å². The highest BCUT2D eigenvalue weighted by atomic mass is 16.3. The smallest absolute Gasteiger partial charge is 0.254 e. The Balaban J connectivity index is 1.84. The molecule has 2 aromatic carbocycles. The van der Waals surface area contributed by atoms with E-state index in [1.54, 1.807) is 41.3 Å². The number of carbonyl (C=O) groups is 2. The molecule has 4 nitrogen and oxygen atoms in total. The maximum atomic E-state index is 12.9. The summed E-state index contributed by atoms with van der Waals surface area (Å²) >= 11 is 0. The zero-order chi connectivity index (χ0) is 17.8. The molecular weight excluding hydrogens is 314 g/mol. The van der Waals surface area contributed by atoms with Gasteiger partial charge in [0, 0.05) is 30.8 Å². The van der Waals surface area contributed by atoms with Crippen LogP contribution >= 0.6 is 0 Å². The molecule has 0 atom stereocenters. The second-order valence-electron chi connectivity index (χ2n) is 6.66. The molecule has 0 unspecified atom stereocenters. The van der Waals surface area contributed by atoms with E-state index in [9.17, 15) is 14.7 Å². The van der Waals surface area contributed by atoms with Crippen molar-refractivity contribution in [1.82, 2.24) is 4.90 Å². The highest BCUT2D eigenvalue weighted by Gasteiger charge is 2.26. The number of amides is 1. The molecule has 1 saturated heterocycles. The van der Waals surface area contributed by atoms with Crippen molar-refractivity contribution < 1.29 is 14.7 Å². The molecule has 1 fully saturated rings. The van der Waals surface area contributed by atoms with Gasteiger partial charge in [-0.2, -0.15) is 0 Å². The van der Waals surface area contributed by atoms with E-state index in [1.807, 2.05) is 19.1 Å². The number of aliphatic hydroxyl groups is 1. The number of benzene rings is 2. The van der Waals surface area contributed by atoms with Crippen LogP contribution in [0.5, 0.6) is 0 Å². The fourth-order valence-corrected chi connectivity index (χ4v) is 3.22. The largest absolute Gasteiger partial charge is 0.396 e. The van der Waals surface area contributed by atoms with E-state index in [-0.39, 0.29) is 24.2 Å². The maximum Gasteiger partial charge on any atom is 0.254 e. The predicted molar refractivity (Wildman–Crippen MR) is 96.8 cm³/mol. The van der Waals surface area contributed by atoms with Crippen molar-refractivity contribution in [2.24, 2.45) is 5.92 Å². The van der Waals surface area contributed by atoms with Gasteiger partial charge in [0.15, 0.2) is 5.78 Å². The number of aliphatic hydroxyl groups excluding tert-OH is 1. The number of ketones is 1. The first-order valence-corrected chi connectivity index (χ1v) is 8.70. The fraction of sp³-hybridized carbons (Fsp3) is 0.333. The number of likely N-dealkylation sites (tertiary alicyclic amines) is 1. The molecule has 0 bridgehead atoms. The Morgan fingerprint density at radius 1 is 1.00 bits per heavy atom. The van der Waals surface area contributed by atoms with Gasteiger partial charge in [0.1, 0.15) is 0 Å². The lowest BCUT2D eigenvalue weighted by Gasteiger charge is -2.31. The molecule has 3 rings (SSSR count). The van der Waals surface area contributed by atoms with Crippen molar-refractivity contribution in [3.63, 3.8) is 0 Å². The Morgan fingerprint density at radius 3 is 2.20 bits per heavy atom. The number of aryl methyl sites for hydroxylation is 1. The van der Waals surface area contributed by atoms with E-state index in [0.29, 0.717) is 29.8 Å². The van der Waals surface area contributed by atoms with Gasteiger partial charge in [0.2, 0.25) is 0 Å². The van der Waals surface area contributed by atoms with Crippen LogP contribution in [0.4, 0.5) is 0 Å². The third-order valence-corrected chi connectivity index (χ3v) is 4.88. The lowest BCUT2D eigenvalue weighted by Crippen LogP contribution is -2.39.